The number of amides is 1. The van der Waals surface area contributed by atoms with Crippen molar-refractivity contribution in [3.05, 3.63) is 54.6 Å². The van der Waals surface area contributed by atoms with E-state index in [9.17, 15) is 13.2 Å². The quantitative estimate of drug-likeness (QED) is 0.805. The predicted molar refractivity (Wildman–Crippen MR) is 104 cm³/mol. The molecule has 0 spiro atoms. The number of carbonyl (C=O) groups excluding carboxylic acids is 1. The summed E-state index contributed by atoms with van der Waals surface area (Å²) in [4.78, 5) is 12.8. The fraction of sp³-hybridized carbons (Fsp3) is 0.300. The summed E-state index contributed by atoms with van der Waals surface area (Å²) in [6.07, 6.45) is 0.922. The molecule has 1 amide bonds. The number of carbonyl (C=O) groups is 1. The minimum Gasteiger partial charge on any atom is -0.479 e. The maximum Gasteiger partial charge on any atom is 0.243 e. The molecule has 7 nitrogen and oxygen atoms in total. The number of nitriles is 1. The first-order chi connectivity index (χ1) is 13.5. The number of nitrogens with one attached hydrogen (secondary N) is 1. The molecule has 0 aliphatic carbocycles. The van der Waals surface area contributed by atoms with Crippen molar-refractivity contribution in [1.82, 2.24) is 4.31 Å². The summed E-state index contributed by atoms with van der Waals surface area (Å²) in [7, 11) is -3.53. The number of rotatable bonds is 6. The van der Waals surface area contributed by atoms with Gasteiger partial charge in [-0.2, -0.15) is 9.57 Å². The molecule has 1 fully saturated rings. The molecule has 1 aliphatic rings. The molecule has 1 saturated heterocycles. The van der Waals surface area contributed by atoms with Crippen LogP contribution >= 0.6 is 0 Å². The summed E-state index contributed by atoms with van der Waals surface area (Å²) >= 11 is 0. The van der Waals surface area contributed by atoms with E-state index in [1.54, 1.807) is 54.6 Å². The summed E-state index contributed by atoms with van der Waals surface area (Å²) < 4.78 is 32.0. The topological polar surface area (TPSA) is 99.5 Å². The SMILES string of the molecule is N#CCOc1cccc(NC(=O)C2CCN(S(=O)(=O)c3ccccc3)CC2)c1. The van der Waals surface area contributed by atoms with E-state index in [-0.39, 0.29) is 23.3 Å². The van der Waals surface area contributed by atoms with E-state index >= 15 is 0 Å². The van der Waals surface area contributed by atoms with E-state index < -0.39 is 10.0 Å². The molecule has 3 rings (SSSR count). The molecule has 0 unspecified atom stereocenters. The van der Waals surface area contributed by atoms with Crippen LogP contribution in [0.4, 0.5) is 5.69 Å². The number of ether oxygens (including phenoxy) is 1. The number of piperidine rings is 1. The summed E-state index contributed by atoms with van der Waals surface area (Å²) in [5.74, 6) is 0.100. The highest BCUT2D eigenvalue weighted by Crippen LogP contribution is 2.25. The predicted octanol–water partition coefficient (Wildman–Crippen LogP) is 2.63. The van der Waals surface area contributed by atoms with Gasteiger partial charge in [0.05, 0.1) is 4.90 Å². The van der Waals surface area contributed by atoms with Gasteiger partial charge in [0.25, 0.3) is 0 Å². The zero-order valence-corrected chi connectivity index (χ0v) is 16.1. The second-order valence-electron chi connectivity index (χ2n) is 6.46. The van der Waals surface area contributed by atoms with E-state index in [0.29, 0.717) is 37.4 Å². The lowest BCUT2D eigenvalue weighted by molar-refractivity contribution is -0.120. The number of hydrogen-bond acceptors (Lipinski definition) is 5. The average Bonchev–Trinajstić information content (AvgIpc) is 2.73. The van der Waals surface area contributed by atoms with Gasteiger partial charge in [0.15, 0.2) is 6.61 Å². The molecule has 0 saturated carbocycles. The van der Waals surface area contributed by atoms with E-state index in [0.717, 1.165) is 0 Å². The highest BCUT2D eigenvalue weighted by atomic mass is 32.2. The fourth-order valence-electron chi connectivity index (χ4n) is 3.12. The van der Waals surface area contributed by atoms with Gasteiger partial charge in [0, 0.05) is 30.8 Å². The summed E-state index contributed by atoms with van der Waals surface area (Å²) in [6, 6.07) is 17.1. The first-order valence-electron chi connectivity index (χ1n) is 8.96. The largest absolute Gasteiger partial charge is 0.479 e. The van der Waals surface area contributed by atoms with Gasteiger partial charge in [-0.15, -0.1) is 0 Å². The van der Waals surface area contributed by atoms with Gasteiger partial charge in [0.2, 0.25) is 15.9 Å². The summed E-state index contributed by atoms with van der Waals surface area (Å²) in [5.41, 5.74) is 0.583. The second kappa shape index (κ2) is 8.87. The highest BCUT2D eigenvalue weighted by molar-refractivity contribution is 7.89. The minimum atomic E-state index is -3.53. The second-order valence-corrected chi connectivity index (χ2v) is 8.39. The summed E-state index contributed by atoms with van der Waals surface area (Å²) in [6.45, 7) is 0.549. The molecule has 8 heteroatoms. The van der Waals surface area contributed by atoms with Gasteiger partial charge in [-0.3, -0.25) is 4.79 Å². The maximum atomic E-state index is 12.7. The molecule has 146 valence electrons. The van der Waals surface area contributed by atoms with Crippen LogP contribution in [0.2, 0.25) is 0 Å². The van der Waals surface area contributed by atoms with Gasteiger partial charge >= 0.3 is 0 Å². The molecular weight excluding hydrogens is 378 g/mol. The van der Waals surface area contributed by atoms with E-state index in [1.165, 1.54) is 4.31 Å². The lowest BCUT2D eigenvalue weighted by Gasteiger charge is -2.30. The molecule has 0 atom stereocenters. The van der Waals surface area contributed by atoms with Crippen LogP contribution in [-0.2, 0) is 14.8 Å². The lowest BCUT2D eigenvalue weighted by Crippen LogP contribution is -2.41. The lowest BCUT2D eigenvalue weighted by atomic mass is 9.97. The van der Waals surface area contributed by atoms with Crippen molar-refractivity contribution >= 4 is 21.6 Å². The Morgan fingerprint density at radius 1 is 1.14 bits per heavy atom. The molecule has 28 heavy (non-hydrogen) atoms. The van der Waals surface area contributed by atoms with Crippen LogP contribution in [0.3, 0.4) is 0 Å². The van der Waals surface area contributed by atoms with Crippen molar-refractivity contribution in [2.24, 2.45) is 5.92 Å². The van der Waals surface area contributed by atoms with Gasteiger partial charge in [0.1, 0.15) is 11.8 Å². The van der Waals surface area contributed by atoms with Crippen LogP contribution in [0.25, 0.3) is 0 Å². The van der Waals surface area contributed by atoms with Crippen LogP contribution in [0.5, 0.6) is 5.75 Å². The molecule has 0 bridgehead atoms. The smallest absolute Gasteiger partial charge is 0.243 e. The van der Waals surface area contributed by atoms with Gasteiger partial charge < -0.3 is 10.1 Å². The molecule has 2 aromatic rings. The van der Waals surface area contributed by atoms with Crippen molar-refractivity contribution < 1.29 is 17.9 Å². The molecule has 2 aromatic carbocycles. The Hall–Kier alpha value is -2.89. The normalized spacial score (nSPS) is 15.5. The van der Waals surface area contributed by atoms with Crippen molar-refractivity contribution in [3.63, 3.8) is 0 Å². The Bertz CT molecular complexity index is 962. The van der Waals surface area contributed by atoms with Crippen LogP contribution in [0, 0.1) is 17.2 Å². The Morgan fingerprint density at radius 2 is 1.86 bits per heavy atom. The Labute approximate surface area is 164 Å². The Kier molecular flexibility index (Phi) is 6.29. The zero-order chi connectivity index (χ0) is 20.0. The third-order valence-corrected chi connectivity index (χ3v) is 6.52. The summed E-state index contributed by atoms with van der Waals surface area (Å²) in [5, 5.41) is 11.4. The highest BCUT2D eigenvalue weighted by Gasteiger charge is 2.32. The number of anilines is 1. The van der Waals surface area contributed by atoms with Crippen LogP contribution < -0.4 is 10.1 Å². The third-order valence-electron chi connectivity index (χ3n) is 4.61. The van der Waals surface area contributed by atoms with Crippen molar-refractivity contribution in [3.8, 4) is 11.8 Å². The molecule has 0 radical (unpaired) electrons. The van der Waals surface area contributed by atoms with Crippen molar-refractivity contribution in [2.75, 3.05) is 25.0 Å². The van der Waals surface area contributed by atoms with Gasteiger partial charge in [-0.1, -0.05) is 24.3 Å². The number of benzene rings is 2. The van der Waals surface area contributed by atoms with E-state index in [4.69, 9.17) is 10.00 Å². The molecule has 1 N–H and O–H groups in total. The monoisotopic (exact) mass is 399 g/mol. The molecular formula is C20H21N3O4S. The Balaban J connectivity index is 1.58. The van der Waals surface area contributed by atoms with E-state index in [2.05, 4.69) is 5.32 Å². The fourth-order valence-corrected chi connectivity index (χ4v) is 4.61. The van der Waals surface area contributed by atoms with Crippen molar-refractivity contribution in [1.29, 1.82) is 5.26 Å². The van der Waals surface area contributed by atoms with Crippen molar-refractivity contribution in [2.45, 2.75) is 17.7 Å². The molecule has 0 aromatic heterocycles. The zero-order valence-electron chi connectivity index (χ0n) is 15.2. The van der Waals surface area contributed by atoms with Crippen LogP contribution in [0.15, 0.2) is 59.5 Å². The van der Waals surface area contributed by atoms with Gasteiger partial charge in [-0.25, -0.2) is 8.42 Å². The number of nitrogens with zero attached hydrogens (tertiary/aromatic N) is 2. The first kappa shape index (κ1) is 19.9. The Morgan fingerprint density at radius 3 is 2.54 bits per heavy atom. The third kappa shape index (κ3) is 4.68. The standard InChI is InChI=1S/C20H21N3O4S/c21-11-14-27-18-6-4-5-17(15-18)22-20(24)16-9-12-23(13-10-16)28(25,26)19-7-2-1-3-8-19/h1-8,15-16H,9-10,12-14H2,(H,22,24). The van der Waals surface area contributed by atoms with Gasteiger partial charge in [-0.05, 0) is 37.1 Å². The minimum absolute atomic E-state index is 0.0637. The average molecular weight is 399 g/mol. The maximum absolute atomic E-state index is 12.7. The first-order valence-corrected chi connectivity index (χ1v) is 10.4. The number of hydrogen-bond donors (Lipinski definition) is 1. The number of sulfonamides is 1. The van der Waals surface area contributed by atoms with Crippen LogP contribution in [0.1, 0.15) is 12.8 Å². The molecule has 1 heterocycles. The molecule has 1 aliphatic heterocycles. The van der Waals surface area contributed by atoms with Crippen LogP contribution in [-0.4, -0.2) is 38.3 Å². The van der Waals surface area contributed by atoms with E-state index in [1.807, 2.05) is 6.07 Å².